The number of halogens is 1. The first-order chi connectivity index (χ1) is 9.87. The number of hydrogen-bond acceptors (Lipinski definition) is 2. The van der Waals surface area contributed by atoms with Gasteiger partial charge in [0, 0.05) is 31.4 Å². The van der Waals surface area contributed by atoms with Crippen molar-refractivity contribution in [3.8, 4) is 0 Å². The second-order valence-corrected chi connectivity index (χ2v) is 7.31. The van der Waals surface area contributed by atoms with Crippen LogP contribution in [0.1, 0.15) is 52.5 Å². The van der Waals surface area contributed by atoms with Crippen molar-refractivity contribution in [2.24, 2.45) is 5.41 Å². The quantitative estimate of drug-likeness (QED) is 0.888. The van der Waals surface area contributed by atoms with Gasteiger partial charge in [0.05, 0.1) is 0 Å². The highest BCUT2D eigenvalue weighted by Crippen LogP contribution is 2.33. The highest BCUT2D eigenvalue weighted by atomic mass is 19.1. The van der Waals surface area contributed by atoms with Crippen LogP contribution in [0.4, 0.5) is 10.1 Å². The largest absolute Gasteiger partial charge is 0.371 e. The first-order valence-electron chi connectivity index (χ1n) is 8.14. The molecule has 1 fully saturated rings. The first kappa shape index (κ1) is 16.3. The molecule has 0 unspecified atom stereocenters. The highest BCUT2D eigenvalue weighted by molar-refractivity contribution is 5.54. The molecule has 0 saturated carbocycles. The van der Waals surface area contributed by atoms with E-state index >= 15 is 0 Å². The van der Waals surface area contributed by atoms with Crippen LogP contribution in [0.3, 0.4) is 0 Å². The van der Waals surface area contributed by atoms with Gasteiger partial charge >= 0.3 is 0 Å². The van der Waals surface area contributed by atoms with E-state index in [1.165, 1.54) is 24.9 Å². The summed E-state index contributed by atoms with van der Waals surface area (Å²) in [7, 11) is 0. The van der Waals surface area contributed by atoms with Crippen molar-refractivity contribution < 1.29 is 4.39 Å². The molecule has 2 rings (SSSR count). The summed E-state index contributed by atoms with van der Waals surface area (Å²) in [5, 5.41) is 3.41. The molecule has 0 aromatic heterocycles. The van der Waals surface area contributed by atoms with Crippen molar-refractivity contribution in [1.82, 2.24) is 5.32 Å². The van der Waals surface area contributed by atoms with Gasteiger partial charge in [-0.2, -0.15) is 0 Å². The molecule has 2 nitrogen and oxygen atoms in total. The Morgan fingerprint density at radius 2 is 2.00 bits per heavy atom. The molecule has 21 heavy (non-hydrogen) atoms. The molecule has 1 aliphatic rings. The molecule has 1 aromatic carbocycles. The van der Waals surface area contributed by atoms with Gasteiger partial charge in [-0.3, -0.25) is 0 Å². The van der Waals surface area contributed by atoms with Gasteiger partial charge in [-0.1, -0.05) is 27.7 Å². The Morgan fingerprint density at radius 1 is 1.24 bits per heavy atom. The standard InChI is InChI=1S/C18H29FN2/c1-14(2)20-13-15-12-16(19)6-7-17(15)21-10-5-8-18(3,4)9-11-21/h6-7,12,14,20H,5,8-11,13H2,1-4H3. The minimum atomic E-state index is -0.144. The molecule has 0 bridgehead atoms. The van der Waals surface area contributed by atoms with Crippen LogP contribution in [0.2, 0.25) is 0 Å². The molecule has 3 heteroatoms. The van der Waals surface area contributed by atoms with Gasteiger partial charge in [-0.05, 0) is 48.4 Å². The summed E-state index contributed by atoms with van der Waals surface area (Å²) >= 11 is 0. The van der Waals surface area contributed by atoms with Crippen LogP contribution < -0.4 is 10.2 Å². The fourth-order valence-corrected chi connectivity index (χ4v) is 2.98. The van der Waals surface area contributed by atoms with Crippen molar-refractivity contribution in [3.05, 3.63) is 29.6 Å². The Hall–Kier alpha value is -1.09. The lowest BCUT2D eigenvalue weighted by Crippen LogP contribution is -2.28. The lowest BCUT2D eigenvalue weighted by molar-refractivity contribution is 0.325. The second-order valence-electron chi connectivity index (χ2n) is 7.31. The lowest BCUT2D eigenvalue weighted by atomic mass is 9.85. The van der Waals surface area contributed by atoms with Crippen molar-refractivity contribution in [2.75, 3.05) is 18.0 Å². The summed E-state index contributed by atoms with van der Waals surface area (Å²) in [4.78, 5) is 2.44. The minimum Gasteiger partial charge on any atom is -0.371 e. The number of nitrogens with zero attached hydrogens (tertiary/aromatic N) is 1. The molecule has 0 amide bonds. The molecule has 1 aliphatic heterocycles. The van der Waals surface area contributed by atoms with E-state index in [4.69, 9.17) is 0 Å². The van der Waals surface area contributed by atoms with Crippen LogP contribution in [0.25, 0.3) is 0 Å². The Labute approximate surface area is 128 Å². The van der Waals surface area contributed by atoms with Crippen LogP contribution in [0, 0.1) is 11.2 Å². The Bertz CT molecular complexity index is 468. The first-order valence-corrected chi connectivity index (χ1v) is 8.14. The third-order valence-electron chi connectivity index (χ3n) is 4.42. The van der Waals surface area contributed by atoms with E-state index in [-0.39, 0.29) is 5.82 Å². The second kappa shape index (κ2) is 6.78. The van der Waals surface area contributed by atoms with Crippen LogP contribution >= 0.6 is 0 Å². The summed E-state index contributed by atoms with van der Waals surface area (Å²) in [6.07, 6.45) is 3.67. The Morgan fingerprint density at radius 3 is 2.71 bits per heavy atom. The van der Waals surface area contributed by atoms with Crippen LogP contribution in [-0.2, 0) is 6.54 Å². The lowest BCUT2D eigenvalue weighted by Gasteiger charge is -2.27. The molecule has 0 atom stereocenters. The molecular formula is C18H29FN2. The fourth-order valence-electron chi connectivity index (χ4n) is 2.98. The van der Waals surface area contributed by atoms with Gasteiger partial charge in [0.1, 0.15) is 5.82 Å². The summed E-state index contributed by atoms with van der Waals surface area (Å²) in [5.41, 5.74) is 2.69. The van der Waals surface area contributed by atoms with E-state index in [0.717, 1.165) is 25.2 Å². The average molecular weight is 292 g/mol. The summed E-state index contributed by atoms with van der Waals surface area (Å²) < 4.78 is 13.6. The molecule has 0 spiro atoms. The normalized spacial score (nSPS) is 18.9. The van der Waals surface area contributed by atoms with E-state index in [2.05, 4.69) is 37.9 Å². The number of hydrogen-bond donors (Lipinski definition) is 1. The van der Waals surface area contributed by atoms with Crippen LogP contribution in [-0.4, -0.2) is 19.1 Å². The molecule has 0 radical (unpaired) electrons. The smallest absolute Gasteiger partial charge is 0.123 e. The van der Waals surface area contributed by atoms with Gasteiger partial charge in [0.2, 0.25) is 0 Å². The molecular weight excluding hydrogens is 263 g/mol. The van der Waals surface area contributed by atoms with Gasteiger partial charge in [-0.15, -0.1) is 0 Å². The Kier molecular flexibility index (Phi) is 5.26. The van der Waals surface area contributed by atoms with Gasteiger partial charge < -0.3 is 10.2 Å². The van der Waals surface area contributed by atoms with Crippen molar-refractivity contribution in [3.63, 3.8) is 0 Å². The van der Waals surface area contributed by atoms with Gasteiger partial charge in [0.25, 0.3) is 0 Å². The Balaban J connectivity index is 2.17. The molecule has 1 N–H and O–H groups in total. The van der Waals surface area contributed by atoms with Gasteiger partial charge in [0.15, 0.2) is 0 Å². The van der Waals surface area contributed by atoms with E-state index in [0.29, 0.717) is 11.5 Å². The van der Waals surface area contributed by atoms with E-state index in [9.17, 15) is 4.39 Å². The molecule has 1 aromatic rings. The van der Waals surface area contributed by atoms with E-state index in [1.807, 2.05) is 6.07 Å². The minimum absolute atomic E-state index is 0.144. The maximum atomic E-state index is 13.6. The third-order valence-corrected chi connectivity index (χ3v) is 4.42. The monoisotopic (exact) mass is 292 g/mol. The highest BCUT2D eigenvalue weighted by Gasteiger charge is 2.24. The van der Waals surface area contributed by atoms with Gasteiger partial charge in [-0.25, -0.2) is 4.39 Å². The zero-order valence-corrected chi connectivity index (χ0v) is 13.9. The SMILES string of the molecule is CC(C)NCc1cc(F)ccc1N1CCCC(C)(C)CC1. The van der Waals surface area contributed by atoms with Crippen LogP contribution in [0.15, 0.2) is 18.2 Å². The van der Waals surface area contributed by atoms with E-state index in [1.54, 1.807) is 12.1 Å². The third kappa shape index (κ3) is 4.70. The summed E-state index contributed by atoms with van der Waals surface area (Å²) in [6, 6.07) is 5.62. The number of anilines is 1. The predicted molar refractivity (Wildman–Crippen MR) is 88.2 cm³/mol. The topological polar surface area (TPSA) is 15.3 Å². The summed E-state index contributed by atoms with van der Waals surface area (Å²) in [5.74, 6) is -0.144. The number of benzene rings is 1. The van der Waals surface area contributed by atoms with Crippen molar-refractivity contribution >= 4 is 5.69 Å². The number of rotatable bonds is 4. The molecule has 0 aliphatic carbocycles. The zero-order chi connectivity index (χ0) is 15.5. The maximum Gasteiger partial charge on any atom is 0.123 e. The molecule has 118 valence electrons. The fraction of sp³-hybridized carbons (Fsp3) is 0.667. The molecule has 1 saturated heterocycles. The van der Waals surface area contributed by atoms with Crippen molar-refractivity contribution in [1.29, 1.82) is 0 Å². The van der Waals surface area contributed by atoms with Crippen molar-refractivity contribution in [2.45, 2.75) is 59.5 Å². The zero-order valence-electron chi connectivity index (χ0n) is 13.9. The summed E-state index contributed by atoms with van der Waals surface area (Å²) in [6.45, 7) is 11.8. The number of nitrogens with one attached hydrogen (secondary N) is 1. The van der Waals surface area contributed by atoms with Crippen LogP contribution in [0.5, 0.6) is 0 Å². The molecule has 1 heterocycles. The predicted octanol–water partition coefficient (Wildman–Crippen LogP) is 4.34. The average Bonchev–Trinajstić information content (AvgIpc) is 2.57. The van der Waals surface area contributed by atoms with E-state index < -0.39 is 0 Å². The maximum absolute atomic E-state index is 13.6.